The van der Waals surface area contributed by atoms with Crippen LogP contribution in [0.1, 0.15) is 5.56 Å². The molecule has 0 bridgehead atoms. The molecular formula is C22H17ClN6OS. The number of hydrogen-bond acceptors (Lipinski definition) is 5. The summed E-state index contributed by atoms with van der Waals surface area (Å²) in [6, 6.07) is 19.4. The first kappa shape index (κ1) is 19.6. The molecule has 0 aliphatic heterocycles. The van der Waals surface area contributed by atoms with Crippen LogP contribution in [-0.4, -0.2) is 35.9 Å². The highest BCUT2D eigenvalue weighted by molar-refractivity contribution is 7.99. The highest BCUT2D eigenvalue weighted by atomic mass is 35.5. The van der Waals surface area contributed by atoms with Gasteiger partial charge >= 0.3 is 0 Å². The summed E-state index contributed by atoms with van der Waals surface area (Å²) in [6.45, 7) is 0.454. The first-order valence-corrected chi connectivity index (χ1v) is 11.0. The van der Waals surface area contributed by atoms with Gasteiger partial charge < -0.3 is 5.32 Å². The van der Waals surface area contributed by atoms with Crippen molar-refractivity contribution in [2.75, 3.05) is 5.75 Å². The van der Waals surface area contributed by atoms with E-state index >= 15 is 0 Å². The minimum atomic E-state index is -0.0755. The number of amides is 1. The molecule has 2 aromatic carbocycles. The third kappa shape index (κ3) is 4.12. The number of fused-ring (bicyclic) bond motifs is 3. The lowest BCUT2D eigenvalue weighted by Gasteiger charge is -2.05. The van der Waals surface area contributed by atoms with Crippen LogP contribution in [0.25, 0.3) is 22.4 Å². The van der Waals surface area contributed by atoms with Gasteiger partial charge in [0.15, 0.2) is 10.8 Å². The number of halogens is 1. The van der Waals surface area contributed by atoms with Crippen LogP contribution >= 0.6 is 23.4 Å². The summed E-state index contributed by atoms with van der Waals surface area (Å²) in [5, 5.41) is 17.5. The zero-order valence-corrected chi connectivity index (χ0v) is 17.8. The third-order valence-corrected chi connectivity index (χ3v) is 5.99. The van der Waals surface area contributed by atoms with Gasteiger partial charge in [-0.25, -0.2) is 4.52 Å². The molecule has 1 amide bonds. The number of thioether (sulfide) groups is 1. The van der Waals surface area contributed by atoms with Crippen LogP contribution in [-0.2, 0) is 11.3 Å². The second kappa shape index (κ2) is 8.41. The largest absolute Gasteiger partial charge is 0.351 e. The Morgan fingerprint density at radius 2 is 1.84 bits per heavy atom. The summed E-state index contributed by atoms with van der Waals surface area (Å²) in [4.78, 5) is 12.3. The van der Waals surface area contributed by atoms with E-state index in [4.69, 9.17) is 11.6 Å². The molecule has 154 valence electrons. The van der Waals surface area contributed by atoms with Crippen molar-refractivity contribution in [1.29, 1.82) is 0 Å². The van der Waals surface area contributed by atoms with Gasteiger partial charge in [-0.1, -0.05) is 65.8 Å². The zero-order valence-electron chi connectivity index (χ0n) is 16.3. The summed E-state index contributed by atoms with van der Waals surface area (Å²) in [6.07, 6.45) is 3.72. The third-order valence-electron chi connectivity index (χ3n) is 4.79. The maximum Gasteiger partial charge on any atom is 0.230 e. The lowest BCUT2D eigenvalue weighted by Crippen LogP contribution is -2.24. The van der Waals surface area contributed by atoms with Crippen molar-refractivity contribution in [1.82, 2.24) is 29.5 Å². The molecule has 0 spiro atoms. The van der Waals surface area contributed by atoms with Gasteiger partial charge in [0, 0.05) is 29.5 Å². The minimum absolute atomic E-state index is 0.0755. The zero-order chi connectivity index (χ0) is 21.2. The standard InChI is InChI=1S/C22H17ClN6OS/c23-17-8-6-15(7-9-17)13-24-20(30)14-31-22-26-25-21-19-12-18(16-4-2-1-3-5-16)27-29(19)11-10-28(21)22/h1-12H,13-14H2,(H,24,30). The monoisotopic (exact) mass is 448 g/mol. The van der Waals surface area contributed by atoms with Crippen molar-refractivity contribution in [3.05, 3.63) is 83.6 Å². The molecule has 1 N–H and O–H groups in total. The summed E-state index contributed by atoms with van der Waals surface area (Å²) in [5.74, 6) is 0.169. The van der Waals surface area contributed by atoms with E-state index in [9.17, 15) is 4.79 Å². The van der Waals surface area contributed by atoms with E-state index in [1.807, 2.05) is 65.3 Å². The molecule has 0 radical (unpaired) electrons. The van der Waals surface area contributed by atoms with Crippen LogP contribution in [0.3, 0.4) is 0 Å². The highest BCUT2D eigenvalue weighted by Gasteiger charge is 2.14. The van der Waals surface area contributed by atoms with E-state index < -0.39 is 0 Å². The van der Waals surface area contributed by atoms with Crippen LogP contribution in [0.5, 0.6) is 0 Å². The molecule has 31 heavy (non-hydrogen) atoms. The Kier molecular flexibility index (Phi) is 5.31. The number of carbonyl (C=O) groups is 1. The van der Waals surface area contributed by atoms with E-state index in [0.717, 1.165) is 22.3 Å². The van der Waals surface area contributed by atoms with Crippen molar-refractivity contribution >= 4 is 40.4 Å². The number of hydrogen-bond donors (Lipinski definition) is 1. The molecule has 3 heterocycles. The van der Waals surface area contributed by atoms with Gasteiger partial charge in [0.2, 0.25) is 5.91 Å². The van der Waals surface area contributed by atoms with Crippen molar-refractivity contribution < 1.29 is 4.79 Å². The fourth-order valence-corrected chi connectivity index (χ4v) is 4.10. The van der Waals surface area contributed by atoms with Crippen molar-refractivity contribution in [3.8, 4) is 11.3 Å². The Labute approximate surface area is 187 Å². The van der Waals surface area contributed by atoms with E-state index in [1.165, 1.54) is 11.8 Å². The normalized spacial score (nSPS) is 11.3. The Balaban J connectivity index is 1.30. The number of carbonyl (C=O) groups excluding carboxylic acids is 1. The quantitative estimate of drug-likeness (QED) is 0.396. The van der Waals surface area contributed by atoms with Crippen LogP contribution < -0.4 is 5.32 Å². The molecule has 0 saturated carbocycles. The highest BCUT2D eigenvalue weighted by Crippen LogP contribution is 2.24. The Bertz CT molecular complexity index is 1360. The minimum Gasteiger partial charge on any atom is -0.351 e. The van der Waals surface area contributed by atoms with Gasteiger partial charge in [0.1, 0.15) is 5.52 Å². The maximum atomic E-state index is 12.3. The van der Waals surface area contributed by atoms with Gasteiger partial charge in [0.25, 0.3) is 0 Å². The number of rotatable bonds is 6. The fraction of sp³-hybridized carbons (Fsp3) is 0.0909. The van der Waals surface area contributed by atoms with Crippen LogP contribution in [0.4, 0.5) is 0 Å². The summed E-state index contributed by atoms with van der Waals surface area (Å²) >= 11 is 7.23. The number of aromatic nitrogens is 5. The van der Waals surface area contributed by atoms with E-state index in [-0.39, 0.29) is 11.7 Å². The first-order valence-electron chi connectivity index (χ1n) is 9.60. The fourth-order valence-electron chi connectivity index (χ4n) is 3.22. The first-order chi connectivity index (χ1) is 15.2. The predicted octanol–water partition coefficient (Wildman–Crippen LogP) is 4.11. The van der Waals surface area contributed by atoms with E-state index in [0.29, 0.717) is 22.4 Å². The molecule has 0 atom stereocenters. The molecule has 3 aromatic heterocycles. The number of nitrogens with zero attached hydrogens (tertiary/aromatic N) is 5. The molecule has 7 nitrogen and oxygen atoms in total. The molecule has 0 fully saturated rings. The van der Waals surface area contributed by atoms with Crippen molar-refractivity contribution in [3.63, 3.8) is 0 Å². The topological polar surface area (TPSA) is 76.6 Å². The summed E-state index contributed by atoms with van der Waals surface area (Å²) < 4.78 is 3.67. The predicted molar refractivity (Wildman–Crippen MR) is 121 cm³/mol. The smallest absolute Gasteiger partial charge is 0.230 e. The average molecular weight is 449 g/mol. The second-order valence-electron chi connectivity index (χ2n) is 6.89. The molecule has 0 unspecified atom stereocenters. The van der Waals surface area contributed by atoms with Gasteiger partial charge in [-0.3, -0.25) is 9.20 Å². The molecule has 0 aliphatic carbocycles. The van der Waals surface area contributed by atoms with Gasteiger partial charge in [0.05, 0.1) is 11.4 Å². The van der Waals surface area contributed by atoms with Gasteiger partial charge in [-0.15, -0.1) is 10.2 Å². The van der Waals surface area contributed by atoms with E-state index in [2.05, 4.69) is 20.6 Å². The summed E-state index contributed by atoms with van der Waals surface area (Å²) in [5.41, 5.74) is 4.45. The van der Waals surface area contributed by atoms with E-state index in [1.54, 1.807) is 16.6 Å². The van der Waals surface area contributed by atoms with Crippen molar-refractivity contribution in [2.24, 2.45) is 0 Å². The van der Waals surface area contributed by atoms with Gasteiger partial charge in [-0.05, 0) is 23.8 Å². The molecule has 5 aromatic rings. The molecule has 9 heteroatoms. The number of nitrogens with one attached hydrogen (secondary N) is 1. The SMILES string of the molecule is O=C(CSc1nnc2c3cc(-c4ccccc4)nn3ccn12)NCc1ccc(Cl)cc1. The Morgan fingerprint density at radius 3 is 2.65 bits per heavy atom. The van der Waals surface area contributed by atoms with Gasteiger partial charge in [-0.2, -0.15) is 5.10 Å². The Morgan fingerprint density at radius 1 is 1.03 bits per heavy atom. The lowest BCUT2D eigenvalue weighted by molar-refractivity contribution is -0.118. The Hall–Kier alpha value is -3.36. The average Bonchev–Trinajstić information content (AvgIpc) is 3.42. The number of benzene rings is 2. The van der Waals surface area contributed by atoms with Crippen LogP contribution in [0, 0.1) is 0 Å². The molecule has 0 saturated heterocycles. The molecule has 5 rings (SSSR count). The molecule has 0 aliphatic rings. The van der Waals surface area contributed by atoms with Crippen LogP contribution in [0.15, 0.2) is 78.2 Å². The lowest BCUT2D eigenvalue weighted by atomic mass is 10.1. The second-order valence-corrected chi connectivity index (χ2v) is 8.27. The molecular weight excluding hydrogens is 432 g/mol. The maximum absolute atomic E-state index is 12.3. The van der Waals surface area contributed by atoms with Crippen molar-refractivity contribution in [2.45, 2.75) is 11.7 Å². The summed E-state index contributed by atoms with van der Waals surface area (Å²) in [7, 11) is 0. The van der Waals surface area contributed by atoms with Crippen LogP contribution in [0.2, 0.25) is 5.02 Å².